The fraction of sp³-hybridized carbons (Fsp3) is 0.579. The van der Waals surface area contributed by atoms with Crippen LogP contribution >= 0.6 is 0 Å². The Balaban J connectivity index is 1.82. The van der Waals surface area contributed by atoms with Gasteiger partial charge in [0, 0.05) is 31.8 Å². The number of hydrogen-bond donors (Lipinski definition) is 0. The highest BCUT2D eigenvalue weighted by Crippen LogP contribution is 2.41. The molecule has 0 saturated carbocycles. The summed E-state index contributed by atoms with van der Waals surface area (Å²) < 4.78 is 6.37. The Bertz CT molecular complexity index is 655. The standard InChI is InChI=1S/C19H25NO3/c1-12(2)18(22)20-9-7-19(8-10-20)11-16(21)15-6-5-13(3)14(4)17(15)23-19/h5-6,12H,7-11H2,1-4H3. The lowest BCUT2D eigenvalue weighted by Gasteiger charge is -2.44. The Kier molecular flexibility index (Phi) is 3.95. The van der Waals surface area contributed by atoms with Crippen LogP contribution in [0.2, 0.25) is 0 Å². The second kappa shape index (κ2) is 5.66. The van der Waals surface area contributed by atoms with Gasteiger partial charge in [0.25, 0.3) is 0 Å². The smallest absolute Gasteiger partial charge is 0.225 e. The van der Waals surface area contributed by atoms with Crippen LogP contribution < -0.4 is 4.74 Å². The molecule has 0 atom stereocenters. The van der Waals surface area contributed by atoms with E-state index in [9.17, 15) is 9.59 Å². The monoisotopic (exact) mass is 315 g/mol. The predicted molar refractivity (Wildman–Crippen MR) is 88.9 cm³/mol. The minimum atomic E-state index is -0.434. The van der Waals surface area contributed by atoms with E-state index >= 15 is 0 Å². The maximum Gasteiger partial charge on any atom is 0.225 e. The summed E-state index contributed by atoms with van der Waals surface area (Å²) in [5.41, 5.74) is 2.46. The van der Waals surface area contributed by atoms with Crippen molar-refractivity contribution >= 4 is 11.7 Å². The molecule has 4 heteroatoms. The molecule has 0 unspecified atom stereocenters. The highest BCUT2D eigenvalue weighted by Gasteiger charge is 2.44. The lowest BCUT2D eigenvalue weighted by molar-refractivity contribution is -0.138. The van der Waals surface area contributed by atoms with Crippen LogP contribution in [-0.4, -0.2) is 35.3 Å². The first kappa shape index (κ1) is 16.0. The van der Waals surface area contributed by atoms with Crippen molar-refractivity contribution in [3.8, 4) is 5.75 Å². The number of likely N-dealkylation sites (tertiary alicyclic amines) is 1. The molecule has 0 bridgehead atoms. The van der Waals surface area contributed by atoms with Gasteiger partial charge in [0.2, 0.25) is 5.91 Å². The molecule has 2 heterocycles. The van der Waals surface area contributed by atoms with Crippen LogP contribution in [0, 0.1) is 19.8 Å². The Hall–Kier alpha value is -1.84. The number of fused-ring (bicyclic) bond motifs is 1. The summed E-state index contributed by atoms with van der Waals surface area (Å²) in [4.78, 5) is 26.6. The van der Waals surface area contributed by atoms with E-state index in [-0.39, 0.29) is 17.6 Å². The molecule has 1 saturated heterocycles. The first-order chi connectivity index (χ1) is 10.8. The van der Waals surface area contributed by atoms with E-state index < -0.39 is 5.60 Å². The quantitative estimate of drug-likeness (QED) is 0.799. The molecule has 1 aromatic carbocycles. The summed E-state index contributed by atoms with van der Waals surface area (Å²) >= 11 is 0. The molecular formula is C19H25NO3. The second-order valence-corrected chi connectivity index (χ2v) is 7.25. The number of nitrogens with zero attached hydrogens (tertiary/aromatic N) is 1. The molecule has 2 aliphatic heterocycles. The highest BCUT2D eigenvalue weighted by atomic mass is 16.5. The molecule has 0 aliphatic carbocycles. The van der Waals surface area contributed by atoms with E-state index in [1.54, 1.807) is 0 Å². The van der Waals surface area contributed by atoms with Crippen LogP contribution in [0.15, 0.2) is 12.1 Å². The van der Waals surface area contributed by atoms with E-state index in [0.717, 1.165) is 29.7 Å². The van der Waals surface area contributed by atoms with Gasteiger partial charge in [-0.2, -0.15) is 0 Å². The molecule has 1 aromatic rings. The van der Waals surface area contributed by atoms with Gasteiger partial charge in [-0.3, -0.25) is 9.59 Å². The van der Waals surface area contributed by atoms with Crippen molar-refractivity contribution in [2.24, 2.45) is 5.92 Å². The zero-order valence-electron chi connectivity index (χ0n) is 14.4. The van der Waals surface area contributed by atoms with Crippen LogP contribution in [0.1, 0.15) is 54.6 Å². The lowest BCUT2D eigenvalue weighted by Crippen LogP contribution is -2.53. The summed E-state index contributed by atoms with van der Waals surface area (Å²) in [6, 6.07) is 3.86. The van der Waals surface area contributed by atoms with E-state index in [1.165, 1.54) is 0 Å². The molecule has 3 rings (SSSR count). The number of benzene rings is 1. The van der Waals surface area contributed by atoms with Gasteiger partial charge in [-0.15, -0.1) is 0 Å². The van der Waals surface area contributed by atoms with Crippen molar-refractivity contribution < 1.29 is 14.3 Å². The normalized spacial score (nSPS) is 19.7. The van der Waals surface area contributed by atoms with E-state index in [0.29, 0.717) is 25.1 Å². The largest absolute Gasteiger partial charge is 0.486 e. The first-order valence-electron chi connectivity index (χ1n) is 8.44. The number of Topliss-reactive ketones (excluding diaryl/α,β-unsaturated/α-hetero) is 1. The van der Waals surface area contributed by atoms with Gasteiger partial charge >= 0.3 is 0 Å². The van der Waals surface area contributed by atoms with Crippen LogP contribution in [0.4, 0.5) is 0 Å². The average Bonchev–Trinajstić information content (AvgIpc) is 2.51. The number of rotatable bonds is 1. The van der Waals surface area contributed by atoms with Gasteiger partial charge in [0.05, 0.1) is 12.0 Å². The Morgan fingerprint density at radius 1 is 1.22 bits per heavy atom. The van der Waals surface area contributed by atoms with Gasteiger partial charge in [0.1, 0.15) is 11.4 Å². The Morgan fingerprint density at radius 3 is 2.48 bits per heavy atom. The molecule has 2 aliphatic rings. The van der Waals surface area contributed by atoms with Crippen molar-refractivity contribution in [2.45, 2.75) is 52.6 Å². The zero-order valence-corrected chi connectivity index (χ0v) is 14.4. The maximum absolute atomic E-state index is 12.6. The number of piperidine rings is 1. The summed E-state index contributed by atoms with van der Waals surface area (Å²) in [7, 11) is 0. The zero-order chi connectivity index (χ0) is 16.8. The first-order valence-corrected chi connectivity index (χ1v) is 8.44. The SMILES string of the molecule is Cc1ccc2c(c1C)OC1(CCN(C(=O)C(C)C)CC1)CC2=O. The lowest BCUT2D eigenvalue weighted by atomic mass is 9.81. The summed E-state index contributed by atoms with van der Waals surface area (Å²) in [6.07, 6.45) is 1.88. The van der Waals surface area contributed by atoms with E-state index in [2.05, 4.69) is 0 Å². The third-order valence-corrected chi connectivity index (χ3v) is 5.26. The number of carbonyl (C=O) groups excluding carboxylic acids is 2. The van der Waals surface area contributed by atoms with Gasteiger partial charge < -0.3 is 9.64 Å². The molecular weight excluding hydrogens is 290 g/mol. The van der Waals surface area contributed by atoms with E-state index in [4.69, 9.17) is 4.74 Å². The maximum atomic E-state index is 12.6. The van der Waals surface area contributed by atoms with Crippen molar-refractivity contribution in [3.05, 3.63) is 28.8 Å². The number of ether oxygens (including phenoxy) is 1. The number of aryl methyl sites for hydroxylation is 1. The predicted octanol–water partition coefficient (Wildman–Crippen LogP) is 3.29. The molecule has 124 valence electrons. The van der Waals surface area contributed by atoms with Gasteiger partial charge in [-0.1, -0.05) is 19.9 Å². The molecule has 1 fully saturated rings. The summed E-state index contributed by atoms with van der Waals surface area (Å²) in [5.74, 6) is 1.13. The molecule has 0 N–H and O–H groups in total. The van der Waals surface area contributed by atoms with Crippen molar-refractivity contribution in [2.75, 3.05) is 13.1 Å². The van der Waals surface area contributed by atoms with Crippen LogP contribution in [0.25, 0.3) is 0 Å². The minimum Gasteiger partial charge on any atom is -0.486 e. The molecule has 23 heavy (non-hydrogen) atoms. The van der Waals surface area contributed by atoms with Crippen LogP contribution in [-0.2, 0) is 4.79 Å². The number of carbonyl (C=O) groups is 2. The topological polar surface area (TPSA) is 46.6 Å². The summed E-state index contributed by atoms with van der Waals surface area (Å²) in [5, 5.41) is 0. The third-order valence-electron chi connectivity index (χ3n) is 5.26. The molecule has 1 amide bonds. The third kappa shape index (κ3) is 2.75. The van der Waals surface area contributed by atoms with Gasteiger partial charge in [-0.05, 0) is 31.0 Å². The Morgan fingerprint density at radius 2 is 1.87 bits per heavy atom. The molecule has 1 spiro atoms. The Labute approximate surface area is 137 Å². The van der Waals surface area contributed by atoms with Gasteiger partial charge in [-0.25, -0.2) is 0 Å². The number of hydrogen-bond acceptors (Lipinski definition) is 3. The highest BCUT2D eigenvalue weighted by molar-refractivity contribution is 6.01. The minimum absolute atomic E-state index is 0.0172. The second-order valence-electron chi connectivity index (χ2n) is 7.25. The van der Waals surface area contributed by atoms with Crippen molar-refractivity contribution in [1.29, 1.82) is 0 Å². The van der Waals surface area contributed by atoms with Crippen LogP contribution in [0.5, 0.6) is 5.75 Å². The fourth-order valence-corrected chi connectivity index (χ4v) is 3.56. The van der Waals surface area contributed by atoms with Crippen LogP contribution in [0.3, 0.4) is 0 Å². The number of amides is 1. The van der Waals surface area contributed by atoms with Crippen molar-refractivity contribution in [3.63, 3.8) is 0 Å². The molecule has 4 nitrogen and oxygen atoms in total. The van der Waals surface area contributed by atoms with E-state index in [1.807, 2.05) is 44.7 Å². The van der Waals surface area contributed by atoms with Crippen molar-refractivity contribution in [1.82, 2.24) is 4.90 Å². The molecule has 0 radical (unpaired) electrons. The fourth-order valence-electron chi connectivity index (χ4n) is 3.56. The average molecular weight is 315 g/mol. The number of ketones is 1. The molecule has 0 aromatic heterocycles. The van der Waals surface area contributed by atoms with Gasteiger partial charge in [0.15, 0.2) is 5.78 Å². The summed E-state index contributed by atoms with van der Waals surface area (Å²) in [6.45, 7) is 9.24.